The lowest BCUT2D eigenvalue weighted by Gasteiger charge is -2.16. The van der Waals surface area contributed by atoms with Gasteiger partial charge < -0.3 is 4.90 Å². The lowest BCUT2D eigenvalue weighted by Crippen LogP contribution is -2.26. The smallest absolute Gasteiger partial charge is 0.288 e. The summed E-state index contributed by atoms with van der Waals surface area (Å²) in [6, 6.07) is 13.6. The monoisotopic (exact) mass is 370 g/mol. The molecule has 2 aromatic carbocycles. The summed E-state index contributed by atoms with van der Waals surface area (Å²) in [5.74, 6) is -0.336. The molecule has 0 saturated heterocycles. The van der Waals surface area contributed by atoms with Crippen molar-refractivity contribution in [1.82, 2.24) is 14.7 Å². The number of halogens is 1. The normalized spacial score (nSPS) is 10.5. The second-order valence-corrected chi connectivity index (χ2v) is 6.12. The van der Waals surface area contributed by atoms with Crippen molar-refractivity contribution in [3.05, 3.63) is 87.2 Å². The third kappa shape index (κ3) is 3.73. The predicted octanol–water partition coefficient (Wildman–Crippen LogP) is 3.71. The number of amides is 1. The van der Waals surface area contributed by atoms with Crippen molar-refractivity contribution in [2.45, 2.75) is 6.54 Å². The molecule has 0 aliphatic heterocycles. The van der Waals surface area contributed by atoms with Crippen molar-refractivity contribution in [2.75, 3.05) is 7.05 Å². The molecule has 8 heteroatoms. The molecule has 1 aromatic heterocycles. The molecule has 0 spiro atoms. The van der Waals surface area contributed by atoms with Crippen LogP contribution in [0.1, 0.15) is 15.9 Å². The first-order valence-electron chi connectivity index (χ1n) is 7.74. The Morgan fingerprint density at radius 1 is 1.27 bits per heavy atom. The van der Waals surface area contributed by atoms with Crippen LogP contribution in [0.3, 0.4) is 0 Å². The molecule has 26 heavy (non-hydrogen) atoms. The summed E-state index contributed by atoms with van der Waals surface area (Å²) >= 11 is 5.79. The van der Waals surface area contributed by atoms with Gasteiger partial charge in [0.2, 0.25) is 0 Å². The Morgan fingerprint density at radius 3 is 2.69 bits per heavy atom. The average Bonchev–Trinajstić information content (AvgIpc) is 3.10. The minimum atomic E-state index is -0.608. The summed E-state index contributed by atoms with van der Waals surface area (Å²) < 4.78 is 1.72. The van der Waals surface area contributed by atoms with Crippen LogP contribution in [0.25, 0.3) is 5.69 Å². The molecule has 3 aromatic rings. The Kier molecular flexibility index (Phi) is 4.99. The number of carbonyl (C=O) groups is 1. The molecule has 3 rings (SSSR count). The van der Waals surface area contributed by atoms with Gasteiger partial charge in [0.25, 0.3) is 11.6 Å². The fourth-order valence-corrected chi connectivity index (χ4v) is 2.70. The van der Waals surface area contributed by atoms with Crippen LogP contribution in [0, 0.1) is 10.1 Å². The molecular formula is C18H15ClN4O3. The average molecular weight is 371 g/mol. The SMILES string of the molecule is CN(Cc1cnn(-c2ccccc2)c1)C(=O)c1ccc(Cl)c([N+](=O)[O-])c1. The van der Waals surface area contributed by atoms with E-state index in [1.165, 1.54) is 23.1 Å². The maximum Gasteiger partial charge on any atom is 0.288 e. The van der Waals surface area contributed by atoms with Crippen LogP contribution in [0.5, 0.6) is 0 Å². The summed E-state index contributed by atoms with van der Waals surface area (Å²) in [5.41, 5.74) is 1.68. The van der Waals surface area contributed by atoms with E-state index in [4.69, 9.17) is 11.6 Å². The van der Waals surface area contributed by atoms with E-state index in [-0.39, 0.29) is 22.2 Å². The molecule has 0 aliphatic rings. The minimum absolute atomic E-state index is 0.00154. The Balaban J connectivity index is 1.75. The standard InChI is InChI=1S/C18H15ClN4O3/c1-21(18(24)14-7-8-16(19)17(9-14)23(25)26)11-13-10-20-22(12-13)15-5-3-2-4-6-15/h2-10,12H,11H2,1H3. The van der Waals surface area contributed by atoms with E-state index >= 15 is 0 Å². The maximum atomic E-state index is 12.5. The number of para-hydroxylation sites is 1. The van der Waals surface area contributed by atoms with Gasteiger partial charge in [-0.3, -0.25) is 14.9 Å². The van der Waals surface area contributed by atoms with Gasteiger partial charge in [-0.1, -0.05) is 29.8 Å². The second-order valence-electron chi connectivity index (χ2n) is 5.71. The third-order valence-electron chi connectivity index (χ3n) is 3.81. The van der Waals surface area contributed by atoms with Crippen molar-refractivity contribution in [2.24, 2.45) is 0 Å². The van der Waals surface area contributed by atoms with Crippen molar-refractivity contribution in [3.63, 3.8) is 0 Å². The van der Waals surface area contributed by atoms with Crippen molar-refractivity contribution < 1.29 is 9.72 Å². The number of aromatic nitrogens is 2. The third-order valence-corrected chi connectivity index (χ3v) is 4.13. The van der Waals surface area contributed by atoms with Crippen LogP contribution in [-0.2, 0) is 6.54 Å². The van der Waals surface area contributed by atoms with Gasteiger partial charge >= 0.3 is 0 Å². The topological polar surface area (TPSA) is 81.3 Å². The fourth-order valence-electron chi connectivity index (χ4n) is 2.52. The van der Waals surface area contributed by atoms with Gasteiger partial charge in [-0.25, -0.2) is 4.68 Å². The summed E-state index contributed by atoms with van der Waals surface area (Å²) in [4.78, 5) is 24.4. The van der Waals surface area contributed by atoms with E-state index in [1.807, 2.05) is 36.5 Å². The highest BCUT2D eigenvalue weighted by Crippen LogP contribution is 2.25. The van der Waals surface area contributed by atoms with Gasteiger partial charge in [-0.05, 0) is 24.3 Å². The zero-order valence-corrected chi connectivity index (χ0v) is 14.6. The van der Waals surface area contributed by atoms with Crippen LogP contribution in [-0.4, -0.2) is 32.6 Å². The first-order chi connectivity index (χ1) is 12.5. The van der Waals surface area contributed by atoms with Gasteiger partial charge in [0.1, 0.15) is 5.02 Å². The molecule has 0 bridgehead atoms. The maximum absolute atomic E-state index is 12.5. The Bertz CT molecular complexity index is 956. The second kappa shape index (κ2) is 7.37. The lowest BCUT2D eigenvalue weighted by atomic mass is 10.1. The first-order valence-corrected chi connectivity index (χ1v) is 8.12. The number of rotatable bonds is 5. The van der Waals surface area contributed by atoms with Gasteiger partial charge in [0.15, 0.2) is 0 Å². The molecule has 7 nitrogen and oxygen atoms in total. The number of benzene rings is 2. The molecule has 132 valence electrons. The van der Waals surface area contributed by atoms with E-state index in [0.29, 0.717) is 6.54 Å². The highest BCUT2D eigenvalue weighted by molar-refractivity contribution is 6.32. The molecule has 0 saturated carbocycles. The van der Waals surface area contributed by atoms with Gasteiger partial charge in [-0.2, -0.15) is 5.10 Å². The van der Waals surface area contributed by atoms with Crippen LogP contribution >= 0.6 is 11.6 Å². The lowest BCUT2D eigenvalue weighted by molar-refractivity contribution is -0.384. The molecule has 0 unspecified atom stereocenters. The molecule has 1 heterocycles. The van der Waals surface area contributed by atoms with Crippen LogP contribution in [0.15, 0.2) is 60.9 Å². The molecule has 0 fully saturated rings. The number of hydrogen-bond acceptors (Lipinski definition) is 4. The first kappa shape index (κ1) is 17.6. The number of carbonyl (C=O) groups excluding carboxylic acids is 1. The van der Waals surface area contributed by atoms with Crippen molar-refractivity contribution >= 4 is 23.2 Å². The Morgan fingerprint density at radius 2 is 2.00 bits per heavy atom. The highest BCUT2D eigenvalue weighted by Gasteiger charge is 2.19. The molecule has 0 radical (unpaired) electrons. The van der Waals surface area contributed by atoms with E-state index in [1.54, 1.807) is 17.9 Å². The fraction of sp³-hybridized carbons (Fsp3) is 0.111. The largest absolute Gasteiger partial charge is 0.337 e. The minimum Gasteiger partial charge on any atom is -0.337 e. The van der Waals surface area contributed by atoms with Crippen molar-refractivity contribution in [3.8, 4) is 5.69 Å². The van der Waals surface area contributed by atoms with Gasteiger partial charge in [0.05, 0.1) is 16.8 Å². The molecule has 0 aliphatic carbocycles. The molecule has 1 amide bonds. The van der Waals surface area contributed by atoms with Crippen LogP contribution in [0.2, 0.25) is 5.02 Å². The number of hydrogen-bond donors (Lipinski definition) is 0. The Hall–Kier alpha value is -3.19. The number of nitro groups is 1. The zero-order valence-electron chi connectivity index (χ0n) is 13.9. The van der Waals surface area contributed by atoms with E-state index in [0.717, 1.165) is 11.3 Å². The Labute approximate surface area is 154 Å². The van der Waals surface area contributed by atoms with E-state index in [9.17, 15) is 14.9 Å². The zero-order chi connectivity index (χ0) is 18.7. The van der Waals surface area contributed by atoms with Gasteiger partial charge in [0, 0.05) is 37.0 Å². The number of nitro benzene ring substituents is 1. The summed E-state index contributed by atoms with van der Waals surface area (Å²) in [7, 11) is 1.63. The number of nitrogens with zero attached hydrogens (tertiary/aromatic N) is 4. The van der Waals surface area contributed by atoms with Crippen molar-refractivity contribution in [1.29, 1.82) is 0 Å². The van der Waals surface area contributed by atoms with Crippen LogP contribution < -0.4 is 0 Å². The summed E-state index contributed by atoms with van der Waals surface area (Å²) in [5, 5.41) is 15.3. The molecular weight excluding hydrogens is 356 g/mol. The highest BCUT2D eigenvalue weighted by atomic mass is 35.5. The van der Waals surface area contributed by atoms with Gasteiger partial charge in [-0.15, -0.1) is 0 Å². The molecule has 0 atom stereocenters. The van der Waals surface area contributed by atoms with E-state index in [2.05, 4.69) is 5.10 Å². The molecule has 0 N–H and O–H groups in total. The van der Waals surface area contributed by atoms with Crippen LogP contribution in [0.4, 0.5) is 5.69 Å². The quantitative estimate of drug-likeness (QED) is 0.506. The summed E-state index contributed by atoms with van der Waals surface area (Å²) in [6.07, 6.45) is 3.52. The summed E-state index contributed by atoms with van der Waals surface area (Å²) in [6.45, 7) is 0.322. The predicted molar refractivity (Wildman–Crippen MR) is 97.5 cm³/mol. The van der Waals surface area contributed by atoms with E-state index < -0.39 is 4.92 Å².